The molecule has 1 aliphatic carbocycles. The predicted molar refractivity (Wildman–Crippen MR) is 85.4 cm³/mol. The quantitative estimate of drug-likeness (QED) is 0.781. The Morgan fingerprint density at radius 3 is 2.90 bits per heavy atom. The lowest BCUT2D eigenvalue weighted by molar-refractivity contribution is -0.121. The summed E-state index contributed by atoms with van der Waals surface area (Å²) in [4.78, 5) is 24.1. The third-order valence-electron chi connectivity index (χ3n) is 3.40. The summed E-state index contributed by atoms with van der Waals surface area (Å²) in [5, 5.41) is 10.1. The number of carbonyl (C=O) groups excluding carboxylic acids is 1. The van der Waals surface area contributed by atoms with Gasteiger partial charge in [-0.2, -0.15) is 5.10 Å². The van der Waals surface area contributed by atoms with Gasteiger partial charge in [-0.15, -0.1) is 0 Å². The summed E-state index contributed by atoms with van der Waals surface area (Å²) in [7, 11) is 0. The molecule has 1 aromatic rings. The number of carbonyl (C=O) groups is 1. The van der Waals surface area contributed by atoms with Crippen molar-refractivity contribution in [2.45, 2.75) is 58.2 Å². The molecule has 1 aromatic heterocycles. The summed E-state index contributed by atoms with van der Waals surface area (Å²) in [6.07, 6.45) is 5.60. The van der Waals surface area contributed by atoms with Gasteiger partial charge in [0.25, 0.3) is 5.56 Å². The Kier molecular flexibility index (Phi) is 5.39. The minimum absolute atomic E-state index is 0.0560. The molecular formula is C14H21BrN4O2. The molecular weight excluding hydrogens is 336 g/mol. The van der Waals surface area contributed by atoms with Crippen molar-refractivity contribution in [1.82, 2.24) is 15.1 Å². The fourth-order valence-electron chi connectivity index (χ4n) is 1.89. The molecule has 1 atom stereocenters. The molecule has 1 aliphatic rings. The Morgan fingerprint density at radius 1 is 1.57 bits per heavy atom. The van der Waals surface area contributed by atoms with Crippen LogP contribution in [0, 0.1) is 0 Å². The first-order valence-electron chi connectivity index (χ1n) is 7.35. The van der Waals surface area contributed by atoms with Crippen LogP contribution in [0.4, 0.5) is 5.69 Å². The molecule has 1 fully saturated rings. The molecule has 1 unspecified atom stereocenters. The SMILES string of the molecule is CCCCn1ncc(NC(C)C(=O)NC2CC2)c(Br)c1=O. The van der Waals surface area contributed by atoms with Crippen molar-refractivity contribution in [3.05, 3.63) is 21.0 Å². The number of unbranched alkanes of at least 4 members (excludes halogenated alkanes) is 1. The monoisotopic (exact) mass is 356 g/mol. The van der Waals surface area contributed by atoms with Crippen molar-refractivity contribution in [3.63, 3.8) is 0 Å². The summed E-state index contributed by atoms with van der Waals surface area (Å²) in [6.45, 7) is 4.44. The maximum Gasteiger partial charge on any atom is 0.283 e. The Labute approximate surface area is 132 Å². The van der Waals surface area contributed by atoms with E-state index in [1.54, 1.807) is 13.1 Å². The maximum absolute atomic E-state index is 12.1. The normalized spacial score (nSPS) is 15.6. The average molecular weight is 357 g/mol. The number of hydrogen-bond donors (Lipinski definition) is 2. The van der Waals surface area contributed by atoms with Gasteiger partial charge < -0.3 is 10.6 Å². The van der Waals surface area contributed by atoms with E-state index < -0.39 is 6.04 Å². The highest BCUT2D eigenvalue weighted by atomic mass is 79.9. The van der Waals surface area contributed by atoms with E-state index in [4.69, 9.17) is 0 Å². The van der Waals surface area contributed by atoms with Crippen LogP contribution in [0.25, 0.3) is 0 Å². The highest BCUT2D eigenvalue weighted by molar-refractivity contribution is 9.10. The van der Waals surface area contributed by atoms with Gasteiger partial charge in [0.2, 0.25) is 5.91 Å². The zero-order valence-electron chi connectivity index (χ0n) is 12.4. The van der Waals surface area contributed by atoms with Gasteiger partial charge in [0.1, 0.15) is 10.5 Å². The van der Waals surface area contributed by atoms with Crippen LogP contribution in [-0.4, -0.2) is 27.8 Å². The number of amides is 1. The van der Waals surface area contributed by atoms with Crippen LogP contribution in [0.3, 0.4) is 0 Å². The Hall–Kier alpha value is -1.37. The first kappa shape index (κ1) is 16.0. The van der Waals surface area contributed by atoms with E-state index in [0.29, 0.717) is 22.7 Å². The minimum atomic E-state index is -0.408. The molecule has 116 valence electrons. The Balaban J connectivity index is 2.04. The van der Waals surface area contributed by atoms with E-state index in [1.165, 1.54) is 4.68 Å². The number of rotatable bonds is 7. The minimum Gasteiger partial charge on any atom is -0.372 e. The van der Waals surface area contributed by atoms with Crippen molar-refractivity contribution in [1.29, 1.82) is 0 Å². The molecule has 1 saturated carbocycles. The summed E-state index contributed by atoms with van der Waals surface area (Å²) in [5.74, 6) is -0.0560. The number of nitrogens with one attached hydrogen (secondary N) is 2. The zero-order chi connectivity index (χ0) is 15.4. The fraction of sp³-hybridized carbons (Fsp3) is 0.643. The topological polar surface area (TPSA) is 76.0 Å². The number of aryl methyl sites for hydroxylation is 1. The largest absolute Gasteiger partial charge is 0.372 e. The zero-order valence-corrected chi connectivity index (χ0v) is 13.9. The van der Waals surface area contributed by atoms with E-state index in [-0.39, 0.29) is 11.5 Å². The van der Waals surface area contributed by atoms with Crippen LogP contribution < -0.4 is 16.2 Å². The molecule has 1 amide bonds. The van der Waals surface area contributed by atoms with E-state index in [0.717, 1.165) is 25.7 Å². The molecule has 7 heteroatoms. The molecule has 0 saturated heterocycles. The standard InChI is InChI=1S/C14H21BrN4O2/c1-3-4-7-19-14(21)12(15)11(8-16-19)17-9(2)13(20)18-10-5-6-10/h8-10,17H,3-7H2,1-2H3,(H,18,20). The second-order valence-corrected chi connectivity index (χ2v) is 6.20. The molecule has 1 heterocycles. The first-order valence-corrected chi connectivity index (χ1v) is 8.14. The third-order valence-corrected chi connectivity index (χ3v) is 4.16. The molecule has 0 bridgehead atoms. The van der Waals surface area contributed by atoms with Gasteiger partial charge >= 0.3 is 0 Å². The van der Waals surface area contributed by atoms with Crippen LogP contribution in [0.2, 0.25) is 0 Å². The molecule has 0 spiro atoms. The smallest absolute Gasteiger partial charge is 0.283 e. The number of halogens is 1. The van der Waals surface area contributed by atoms with E-state index in [1.807, 2.05) is 0 Å². The summed E-state index contributed by atoms with van der Waals surface area (Å²) >= 11 is 3.30. The average Bonchev–Trinajstić information content (AvgIpc) is 3.27. The van der Waals surface area contributed by atoms with Gasteiger partial charge in [0.15, 0.2) is 0 Å². The molecule has 21 heavy (non-hydrogen) atoms. The van der Waals surface area contributed by atoms with Crippen molar-refractivity contribution in [2.75, 3.05) is 5.32 Å². The molecule has 6 nitrogen and oxygen atoms in total. The van der Waals surface area contributed by atoms with Crippen molar-refractivity contribution in [3.8, 4) is 0 Å². The van der Waals surface area contributed by atoms with Gasteiger partial charge in [-0.05, 0) is 42.1 Å². The lowest BCUT2D eigenvalue weighted by Crippen LogP contribution is -2.39. The van der Waals surface area contributed by atoms with Crippen LogP contribution in [0.1, 0.15) is 39.5 Å². The first-order chi connectivity index (χ1) is 10.0. The number of aromatic nitrogens is 2. The maximum atomic E-state index is 12.1. The van der Waals surface area contributed by atoms with Gasteiger partial charge in [-0.3, -0.25) is 9.59 Å². The lowest BCUT2D eigenvalue weighted by atomic mass is 10.3. The summed E-state index contributed by atoms with van der Waals surface area (Å²) in [6, 6.07) is -0.0834. The van der Waals surface area contributed by atoms with Gasteiger partial charge in [-0.25, -0.2) is 4.68 Å². The summed E-state index contributed by atoms with van der Waals surface area (Å²) < 4.78 is 1.85. The van der Waals surface area contributed by atoms with Gasteiger partial charge in [0, 0.05) is 12.6 Å². The van der Waals surface area contributed by atoms with Crippen molar-refractivity contribution < 1.29 is 4.79 Å². The molecule has 0 aliphatic heterocycles. The third kappa shape index (κ3) is 4.30. The predicted octanol–water partition coefficient (Wildman–Crippen LogP) is 1.88. The van der Waals surface area contributed by atoms with E-state index in [2.05, 4.69) is 38.6 Å². The van der Waals surface area contributed by atoms with Crippen LogP contribution in [0.15, 0.2) is 15.5 Å². The van der Waals surface area contributed by atoms with Crippen molar-refractivity contribution in [2.24, 2.45) is 0 Å². The van der Waals surface area contributed by atoms with Crippen LogP contribution in [-0.2, 0) is 11.3 Å². The fourth-order valence-corrected chi connectivity index (χ4v) is 2.31. The van der Waals surface area contributed by atoms with E-state index >= 15 is 0 Å². The highest BCUT2D eigenvalue weighted by Gasteiger charge is 2.26. The van der Waals surface area contributed by atoms with Crippen LogP contribution >= 0.6 is 15.9 Å². The molecule has 0 aromatic carbocycles. The highest BCUT2D eigenvalue weighted by Crippen LogP contribution is 2.20. The second-order valence-electron chi connectivity index (χ2n) is 5.40. The number of nitrogens with zero attached hydrogens (tertiary/aromatic N) is 2. The van der Waals surface area contributed by atoms with Gasteiger partial charge in [-0.1, -0.05) is 13.3 Å². The Morgan fingerprint density at radius 2 is 2.29 bits per heavy atom. The second kappa shape index (κ2) is 7.06. The lowest BCUT2D eigenvalue weighted by Gasteiger charge is -2.16. The van der Waals surface area contributed by atoms with Crippen LogP contribution in [0.5, 0.6) is 0 Å². The number of hydrogen-bond acceptors (Lipinski definition) is 4. The molecule has 2 rings (SSSR count). The molecule has 0 radical (unpaired) electrons. The molecule has 2 N–H and O–H groups in total. The van der Waals surface area contributed by atoms with Crippen molar-refractivity contribution >= 4 is 27.5 Å². The number of anilines is 1. The van der Waals surface area contributed by atoms with E-state index in [9.17, 15) is 9.59 Å². The summed E-state index contributed by atoms with van der Waals surface area (Å²) in [5.41, 5.74) is 0.370. The van der Waals surface area contributed by atoms with Gasteiger partial charge in [0.05, 0.1) is 11.9 Å². The Bertz CT molecular complexity index is 569.